The fraction of sp³-hybridized carbons (Fsp3) is 0.286. The Morgan fingerprint density at radius 1 is 1.28 bits per heavy atom. The van der Waals surface area contributed by atoms with Gasteiger partial charge in [0.15, 0.2) is 5.78 Å². The lowest BCUT2D eigenvalue weighted by Gasteiger charge is -2.04. The summed E-state index contributed by atoms with van der Waals surface area (Å²) in [6.07, 6.45) is 0.527. The van der Waals surface area contributed by atoms with Crippen LogP contribution in [0.5, 0.6) is 0 Å². The number of rotatable bonds is 4. The number of carbonyl (C=O) groups excluding carboxylic acids is 1. The van der Waals surface area contributed by atoms with E-state index in [9.17, 15) is 9.90 Å². The molecule has 0 atom stereocenters. The van der Waals surface area contributed by atoms with E-state index in [1.54, 1.807) is 24.3 Å². The fourth-order valence-corrected chi connectivity index (χ4v) is 1.96. The molecule has 0 bridgehead atoms. The molecule has 1 aromatic carbocycles. The number of hydrogen-bond donors (Lipinski definition) is 1. The van der Waals surface area contributed by atoms with E-state index >= 15 is 0 Å². The van der Waals surface area contributed by atoms with E-state index in [4.69, 9.17) is 4.84 Å². The topological polar surface area (TPSA) is 58.9 Å². The van der Waals surface area contributed by atoms with Crippen LogP contribution in [0.15, 0.2) is 35.0 Å². The van der Waals surface area contributed by atoms with Gasteiger partial charge < -0.3 is 9.94 Å². The van der Waals surface area contributed by atoms with Crippen molar-refractivity contribution in [2.75, 3.05) is 6.61 Å². The summed E-state index contributed by atoms with van der Waals surface area (Å²) < 4.78 is 0. The lowest BCUT2D eigenvalue weighted by molar-refractivity contribution is 0.104. The fourth-order valence-electron chi connectivity index (χ4n) is 1.96. The molecule has 0 heterocycles. The van der Waals surface area contributed by atoms with Gasteiger partial charge in [0, 0.05) is 11.1 Å². The maximum Gasteiger partial charge on any atom is 0.199 e. The summed E-state index contributed by atoms with van der Waals surface area (Å²) >= 11 is 0. The first-order valence-corrected chi connectivity index (χ1v) is 5.97. The molecule has 4 heteroatoms. The summed E-state index contributed by atoms with van der Waals surface area (Å²) in [6, 6.07) is 6.99. The Labute approximate surface area is 106 Å². The second kappa shape index (κ2) is 5.04. The average molecular weight is 245 g/mol. The summed E-state index contributed by atoms with van der Waals surface area (Å²) in [7, 11) is 0. The van der Waals surface area contributed by atoms with Crippen LogP contribution in [0.1, 0.15) is 36.2 Å². The lowest BCUT2D eigenvalue weighted by atomic mass is 10.0. The van der Waals surface area contributed by atoms with Crippen LogP contribution in [0.25, 0.3) is 5.76 Å². The highest BCUT2D eigenvalue weighted by atomic mass is 16.6. The van der Waals surface area contributed by atoms with Gasteiger partial charge in [-0.3, -0.25) is 4.79 Å². The number of carbonyl (C=O) groups is 1. The van der Waals surface area contributed by atoms with Crippen molar-refractivity contribution in [3.8, 4) is 0 Å². The number of allylic oxidation sites excluding steroid dienone is 1. The lowest BCUT2D eigenvalue weighted by Crippen LogP contribution is -2.10. The van der Waals surface area contributed by atoms with E-state index in [2.05, 4.69) is 5.16 Å². The molecule has 0 amide bonds. The van der Waals surface area contributed by atoms with Crippen LogP contribution in [-0.4, -0.2) is 23.2 Å². The standard InChI is InChI=1S/C14H15NO3/c1-3-11(15-18-4-2)12-13(16)9-7-5-6-8-10(9)14(12)17/h5-8,16H,3-4H2,1-2H3. The van der Waals surface area contributed by atoms with Crippen molar-refractivity contribution in [1.82, 2.24) is 0 Å². The summed E-state index contributed by atoms with van der Waals surface area (Å²) in [5.74, 6) is -0.195. The van der Waals surface area contributed by atoms with E-state index in [0.29, 0.717) is 29.9 Å². The number of fused-ring (bicyclic) bond motifs is 1. The molecule has 94 valence electrons. The summed E-state index contributed by atoms with van der Waals surface area (Å²) in [5.41, 5.74) is 1.82. The van der Waals surface area contributed by atoms with Gasteiger partial charge in [0.05, 0.1) is 11.3 Å². The Morgan fingerprint density at radius 2 is 1.94 bits per heavy atom. The van der Waals surface area contributed by atoms with Gasteiger partial charge in [0.2, 0.25) is 0 Å². The van der Waals surface area contributed by atoms with Crippen LogP contribution >= 0.6 is 0 Å². The zero-order valence-electron chi connectivity index (χ0n) is 10.4. The van der Waals surface area contributed by atoms with E-state index in [1.807, 2.05) is 13.8 Å². The number of ketones is 1. The Balaban J connectivity index is 2.47. The van der Waals surface area contributed by atoms with Crippen LogP contribution in [0.4, 0.5) is 0 Å². The Kier molecular flexibility index (Phi) is 3.46. The molecule has 1 aromatic rings. The quantitative estimate of drug-likeness (QED) is 0.655. The molecule has 0 unspecified atom stereocenters. The highest BCUT2D eigenvalue weighted by Gasteiger charge is 2.32. The zero-order valence-corrected chi connectivity index (χ0v) is 10.4. The molecular formula is C14H15NO3. The molecule has 2 rings (SSSR count). The molecule has 1 aliphatic rings. The normalized spacial score (nSPS) is 15.0. The maximum absolute atomic E-state index is 12.2. The van der Waals surface area contributed by atoms with Crippen LogP contribution < -0.4 is 0 Å². The first kappa shape index (κ1) is 12.4. The summed E-state index contributed by atoms with van der Waals surface area (Å²) in [6.45, 7) is 4.11. The van der Waals surface area contributed by atoms with E-state index < -0.39 is 0 Å². The number of nitrogens with zero attached hydrogens (tertiary/aromatic N) is 1. The molecule has 0 spiro atoms. The first-order chi connectivity index (χ1) is 8.70. The number of Topliss-reactive ketones (excluding diaryl/α,β-unsaturated/α-hetero) is 1. The van der Waals surface area contributed by atoms with Gasteiger partial charge in [-0.15, -0.1) is 0 Å². The summed E-state index contributed by atoms with van der Waals surface area (Å²) in [5, 5.41) is 14.0. The molecule has 0 saturated heterocycles. The predicted octanol–water partition coefficient (Wildman–Crippen LogP) is 2.95. The third kappa shape index (κ3) is 1.90. The van der Waals surface area contributed by atoms with Crippen LogP contribution in [0, 0.1) is 0 Å². The minimum Gasteiger partial charge on any atom is -0.506 e. The zero-order chi connectivity index (χ0) is 13.1. The van der Waals surface area contributed by atoms with Crippen molar-refractivity contribution in [2.45, 2.75) is 20.3 Å². The summed E-state index contributed by atoms with van der Waals surface area (Å²) in [4.78, 5) is 17.2. The third-order valence-electron chi connectivity index (χ3n) is 2.82. The van der Waals surface area contributed by atoms with Gasteiger partial charge in [-0.05, 0) is 13.3 Å². The first-order valence-electron chi connectivity index (χ1n) is 5.97. The third-order valence-corrected chi connectivity index (χ3v) is 2.82. The molecule has 0 saturated carbocycles. The average Bonchev–Trinajstić information content (AvgIpc) is 2.65. The van der Waals surface area contributed by atoms with Gasteiger partial charge in [0.1, 0.15) is 12.4 Å². The molecular weight excluding hydrogens is 230 g/mol. The van der Waals surface area contributed by atoms with Gasteiger partial charge in [0.25, 0.3) is 0 Å². The molecule has 0 fully saturated rings. The van der Waals surface area contributed by atoms with Gasteiger partial charge in [-0.25, -0.2) is 0 Å². The van der Waals surface area contributed by atoms with Crippen molar-refractivity contribution in [3.05, 3.63) is 41.0 Å². The number of hydrogen-bond acceptors (Lipinski definition) is 4. The van der Waals surface area contributed by atoms with E-state index in [0.717, 1.165) is 0 Å². The van der Waals surface area contributed by atoms with Gasteiger partial charge >= 0.3 is 0 Å². The van der Waals surface area contributed by atoms with E-state index in [-0.39, 0.29) is 17.1 Å². The van der Waals surface area contributed by atoms with Crippen molar-refractivity contribution < 1.29 is 14.7 Å². The molecule has 4 nitrogen and oxygen atoms in total. The molecule has 18 heavy (non-hydrogen) atoms. The minimum atomic E-state index is -0.191. The van der Waals surface area contributed by atoms with Crippen LogP contribution in [0.3, 0.4) is 0 Å². The second-order valence-corrected chi connectivity index (χ2v) is 3.91. The van der Waals surface area contributed by atoms with E-state index in [1.165, 1.54) is 0 Å². The number of benzene rings is 1. The van der Waals surface area contributed by atoms with Crippen LogP contribution in [0.2, 0.25) is 0 Å². The smallest absolute Gasteiger partial charge is 0.199 e. The molecule has 1 aliphatic carbocycles. The number of oxime groups is 1. The second-order valence-electron chi connectivity index (χ2n) is 3.91. The molecule has 1 N–H and O–H groups in total. The van der Waals surface area contributed by atoms with Crippen LogP contribution in [-0.2, 0) is 4.84 Å². The SMILES string of the molecule is CCON=C(CC)C1=C(O)c2ccccc2C1=O. The molecule has 0 aromatic heterocycles. The minimum absolute atomic E-state index is 0.00379. The van der Waals surface area contributed by atoms with Crippen molar-refractivity contribution in [2.24, 2.45) is 5.16 Å². The van der Waals surface area contributed by atoms with Gasteiger partial charge in [-0.2, -0.15) is 0 Å². The van der Waals surface area contributed by atoms with Crippen molar-refractivity contribution in [1.29, 1.82) is 0 Å². The largest absolute Gasteiger partial charge is 0.506 e. The number of aliphatic hydroxyl groups excluding tert-OH is 1. The number of aliphatic hydroxyl groups is 1. The Bertz CT molecular complexity index is 544. The predicted molar refractivity (Wildman–Crippen MR) is 69.7 cm³/mol. The van der Waals surface area contributed by atoms with Gasteiger partial charge in [-0.1, -0.05) is 36.3 Å². The molecule has 0 aliphatic heterocycles. The Morgan fingerprint density at radius 3 is 2.50 bits per heavy atom. The monoisotopic (exact) mass is 245 g/mol. The van der Waals surface area contributed by atoms with Crippen molar-refractivity contribution >= 4 is 17.3 Å². The Hall–Kier alpha value is -2.10. The highest BCUT2D eigenvalue weighted by molar-refractivity contribution is 6.35. The highest BCUT2D eigenvalue weighted by Crippen LogP contribution is 2.32. The van der Waals surface area contributed by atoms with Crippen molar-refractivity contribution in [3.63, 3.8) is 0 Å². The maximum atomic E-state index is 12.2. The molecule has 0 radical (unpaired) electrons.